The number of carboxylic acid groups (broad SMARTS) is 1. The van der Waals surface area contributed by atoms with E-state index in [1.165, 1.54) is 5.57 Å². The van der Waals surface area contributed by atoms with Crippen molar-refractivity contribution < 1.29 is 24.1 Å². The minimum Gasteiger partial charge on any atom is -0.481 e. The number of unbranched alkanes of at least 4 members (excludes halogenated alkanes) is 1. The Morgan fingerprint density at radius 2 is 1.88 bits per heavy atom. The molecule has 0 aromatic carbocycles. The number of nitrogens with zero attached hydrogens (tertiary/aromatic N) is 1. The van der Waals surface area contributed by atoms with Crippen LogP contribution in [0, 0.1) is 56.7 Å². The Morgan fingerprint density at radius 3 is 2.55 bits per heavy atom. The molecule has 1 aromatic heterocycles. The molecule has 4 fully saturated rings. The fourth-order valence-electron chi connectivity index (χ4n) is 12.4. The fraction of sp³-hybridized carbons (Fsp3) is 0.850. The first-order valence-electron chi connectivity index (χ1n) is 19.2. The predicted molar refractivity (Wildman–Crippen MR) is 195 cm³/mol. The zero-order valence-electron chi connectivity index (χ0n) is 31.6. The lowest BCUT2D eigenvalue weighted by Gasteiger charge is -2.71. The Labute approximate surface area is 299 Å². The van der Waals surface area contributed by atoms with Gasteiger partial charge in [0, 0.05) is 23.3 Å². The van der Waals surface area contributed by atoms with Crippen LogP contribution in [0.1, 0.15) is 123 Å². The van der Waals surface area contributed by atoms with Gasteiger partial charge in [-0.3, -0.25) is 4.79 Å². The lowest BCUT2D eigenvalue weighted by Crippen LogP contribution is -2.70. The number of carboxylic acids is 1. The molecule has 1 saturated heterocycles. The molecule has 2 heterocycles. The number of hydrogen-bond donors (Lipinski definition) is 3. The van der Waals surface area contributed by atoms with E-state index in [1.54, 1.807) is 11.3 Å². The smallest absolute Gasteiger partial charge is 0.307 e. The molecule has 1 aromatic rings. The molecule has 0 radical (unpaired) electrons. The number of allylic oxidation sites excluding steroid dienone is 1. The van der Waals surface area contributed by atoms with Crippen molar-refractivity contribution in [1.29, 1.82) is 0 Å². The van der Waals surface area contributed by atoms with Crippen LogP contribution in [0.4, 0.5) is 0 Å². The molecule has 6 rings (SSSR count). The molecular weight excluding hydrogens is 635 g/mol. The summed E-state index contributed by atoms with van der Waals surface area (Å²) in [5, 5.41) is 14.0. The van der Waals surface area contributed by atoms with Gasteiger partial charge in [0.15, 0.2) is 0 Å². The maximum atomic E-state index is 13.4. The van der Waals surface area contributed by atoms with Crippen molar-refractivity contribution in [3.63, 3.8) is 0 Å². The van der Waals surface area contributed by atoms with Crippen LogP contribution in [-0.2, 0) is 25.6 Å². The lowest BCUT2D eigenvalue weighted by molar-refractivity contribution is -0.269. The number of aliphatic carboxylic acids is 1. The number of nitrogens with two attached hydrogens (primary N) is 2. The van der Waals surface area contributed by atoms with E-state index in [-0.39, 0.29) is 51.2 Å². The highest BCUT2D eigenvalue weighted by molar-refractivity contribution is 7.09. The Balaban J connectivity index is 1.28. The highest BCUT2D eigenvalue weighted by Gasteiger charge is 2.71. The molecular formula is C40H65N3O5S. The predicted octanol–water partition coefficient (Wildman–Crippen LogP) is 7.76. The average Bonchev–Trinajstić information content (AvgIpc) is 3.53. The number of ether oxygens (including phenoxy) is 3. The van der Waals surface area contributed by atoms with E-state index in [0.29, 0.717) is 50.0 Å². The van der Waals surface area contributed by atoms with E-state index in [9.17, 15) is 9.90 Å². The van der Waals surface area contributed by atoms with E-state index in [2.05, 4.69) is 59.9 Å². The number of hydrogen-bond acceptors (Lipinski definition) is 8. The third kappa shape index (κ3) is 5.70. The number of rotatable bonds is 12. The zero-order valence-corrected chi connectivity index (χ0v) is 32.4. The maximum absolute atomic E-state index is 13.4. The van der Waals surface area contributed by atoms with Crippen molar-refractivity contribution in [2.45, 2.75) is 131 Å². The number of fused-ring (bicyclic) bond motifs is 3. The minimum absolute atomic E-state index is 0.0680. The largest absolute Gasteiger partial charge is 0.481 e. The van der Waals surface area contributed by atoms with Crippen molar-refractivity contribution in [2.75, 3.05) is 26.9 Å². The van der Waals surface area contributed by atoms with Crippen molar-refractivity contribution in [3.05, 3.63) is 27.7 Å². The highest BCUT2D eigenvalue weighted by Crippen LogP contribution is 2.75. The third-order valence-electron chi connectivity index (χ3n) is 15.6. The van der Waals surface area contributed by atoms with Gasteiger partial charge in [-0.25, -0.2) is 4.98 Å². The first-order valence-corrected chi connectivity index (χ1v) is 20.1. The average molecular weight is 700 g/mol. The maximum Gasteiger partial charge on any atom is 0.307 e. The molecule has 2 bridgehead atoms. The molecule has 276 valence electrons. The quantitative estimate of drug-likeness (QED) is 0.149. The van der Waals surface area contributed by atoms with E-state index >= 15 is 0 Å². The van der Waals surface area contributed by atoms with E-state index in [0.717, 1.165) is 68.5 Å². The molecule has 4 aliphatic carbocycles. The van der Waals surface area contributed by atoms with Gasteiger partial charge in [-0.15, -0.1) is 11.3 Å². The van der Waals surface area contributed by atoms with Gasteiger partial charge in [0.1, 0.15) is 5.01 Å². The van der Waals surface area contributed by atoms with Crippen molar-refractivity contribution in [3.8, 4) is 0 Å². The van der Waals surface area contributed by atoms with Gasteiger partial charge >= 0.3 is 5.97 Å². The Morgan fingerprint density at radius 1 is 1.12 bits per heavy atom. The number of methoxy groups -OCH3 is 1. The number of thiazole rings is 1. The van der Waals surface area contributed by atoms with Gasteiger partial charge < -0.3 is 30.8 Å². The molecule has 5 N–H and O–H groups in total. The molecule has 0 amide bonds. The molecule has 1 unspecified atom stereocenters. The molecule has 8 nitrogen and oxygen atoms in total. The second-order valence-electron chi connectivity index (χ2n) is 18.1. The van der Waals surface area contributed by atoms with Crippen LogP contribution in [0.2, 0.25) is 0 Å². The van der Waals surface area contributed by atoms with Gasteiger partial charge in [0.05, 0.1) is 49.7 Å². The Hall–Kier alpha value is -1.36. The van der Waals surface area contributed by atoms with E-state index in [4.69, 9.17) is 30.7 Å². The van der Waals surface area contributed by atoms with Crippen LogP contribution in [-0.4, -0.2) is 55.1 Å². The van der Waals surface area contributed by atoms with E-state index < -0.39 is 5.97 Å². The Bertz CT molecular complexity index is 1400. The van der Waals surface area contributed by atoms with Crippen LogP contribution >= 0.6 is 11.3 Å². The molecule has 9 heteroatoms. The third-order valence-corrected chi connectivity index (χ3v) is 16.7. The summed E-state index contributed by atoms with van der Waals surface area (Å²) in [6.45, 7) is 18.7. The minimum atomic E-state index is -0.612. The van der Waals surface area contributed by atoms with Crippen molar-refractivity contribution in [1.82, 2.24) is 4.98 Å². The van der Waals surface area contributed by atoms with Crippen LogP contribution in [0.15, 0.2) is 17.0 Å². The number of aromatic nitrogens is 1. The highest BCUT2D eigenvalue weighted by atomic mass is 32.1. The monoisotopic (exact) mass is 699 g/mol. The van der Waals surface area contributed by atoms with Gasteiger partial charge in [0.25, 0.3) is 0 Å². The Kier molecular flexibility index (Phi) is 10.4. The molecule has 12 atom stereocenters. The molecule has 5 aliphatic rings. The standard InChI is InChI=1S/C40H65N3O5S/c1-24(2)25(3)36(4)16-17-38(6)27-12-13-31-37(5)22-47-23-40(31,28(27)14-15-39(38,7)32(36)35(44)45)19-30(46-8)33(37)48-20-26-21-49-34(43-26)29(42)11-9-10-18-41/h14,21,24-25,27,29-33H,9-13,15-20,22-23,41-42H2,1-8H3,(H,44,45)/t25-,27+,29+,30-,31?,32-,33+,36-,37+,38-,39+,40+/m1/s1. The van der Waals surface area contributed by atoms with Gasteiger partial charge in [0.2, 0.25) is 0 Å². The fourth-order valence-corrected chi connectivity index (χ4v) is 13.3. The number of carbonyl (C=O) groups is 1. The summed E-state index contributed by atoms with van der Waals surface area (Å²) in [4.78, 5) is 18.3. The summed E-state index contributed by atoms with van der Waals surface area (Å²) >= 11 is 1.62. The molecule has 3 saturated carbocycles. The first kappa shape index (κ1) is 37.4. The normalized spacial score (nSPS) is 42.8. The first-order chi connectivity index (χ1) is 23.1. The van der Waals surface area contributed by atoms with Gasteiger partial charge in [-0.1, -0.05) is 66.5 Å². The summed E-state index contributed by atoms with van der Waals surface area (Å²) in [6, 6.07) is -0.0680. The summed E-state index contributed by atoms with van der Waals surface area (Å²) in [5.74, 6) is 0.511. The summed E-state index contributed by atoms with van der Waals surface area (Å²) in [6.07, 6.45) is 11.1. The summed E-state index contributed by atoms with van der Waals surface area (Å²) in [5.41, 5.74) is 13.6. The van der Waals surface area contributed by atoms with Gasteiger partial charge in [-0.05, 0) is 97.8 Å². The summed E-state index contributed by atoms with van der Waals surface area (Å²) < 4.78 is 19.9. The molecule has 1 aliphatic heterocycles. The van der Waals surface area contributed by atoms with Crippen molar-refractivity contribution >= 4 is 17.3 Å². The zero-order chi connectivity index (χ0) is 35.6. The molecule has 0 spiro atoms. The van der Waals surface area contributed by atoms with Crippen LogP contribution in [0.5, 0.6) is 0 Å². The summed E-state index contributed by atoms with van der Waals surface area (Å²) in [7, 11) is 1.84. The van der Waals surface area contributed by atoms with Crippen LogP contribution < -0.4 is 11.5 Å². The van der Waals surface area contributed by atoms with Crippen LogP contribution in [0.3, 0.4) is 0 Å². The second-order valence-corrected chi connectivity index (χ2v) is 19.0. The SMILES string of the molecule is CO[C@@H]1C[C@@]23COC[C@@](C)(C2CC[C@H]2C3=CC[C@@]3(C)[C@H](C(=O)O)[C@@](C)([C@H](C)C(C)C)CC[C@]23C)[C@H]1OCc1csc([C@@H](N)CCCCN)n1. The lowest BCUT2D eigenvalue weighted by atomic mass is 9.34. The van der Waals surface area contributed by atoms with Crippen molar-refractivity contribution in [2.24, 2.45) is 68.1 Å². The topological polar surface area (TPSA) is 130 Å². The second kappa shape index (κ2) is 13.6. The van der Waals surface area contributed by atoms with E-state index in [1.807, 2.05) is 7.11 Å². The van der Waals surface area contributed by atoms with Gasteiger partial charge in [-0.2, -0.15) is 0 Å². The van der Waals surface area contributed by atoms with Crippen LogP contribution in [0.25, 0.3) is 0 Å². The molecule has 49 heavy (non-hydrogen) atoms.